The van der Waals surface area contributed by atoms with E-state index in [0.29, 0.717) is 37.6 Å². The van der Waals surface area contributed by atoms with Crippen molar-refractivity contribution in [3.63, 3.8) is 0 Å². The van der Waals surface area contributed by atoms with Crippen molar-refractivity contribution in [3.8, 4) is 5.75 Å². The number of halogens is 3. The molecule has 0 atom stereocenters. The first-order valence-corrected chi connectivity index (χ1v) is 6.19. The molecule has 0 aliphatic rings. The summed E-state index contributed by atoms with van der Waals surface area (Å²) in [4.78, 5) is 1.34. The highest BCUT2D eigenvalue weighted by atomic mass is 19.4. The van der Waals surface area contributed by atoms with Crippen LogP contribution in [0.4, 0.5) is 18.9 Å². The Morgan fingerprint density at radius 2 is 1.95 bits per heavy atom. The van der Waals surface area contributed by atoms with Crippen LogP contribution < -0.4 is 10.5 Å². The fourth-order valence-corrected chi connectivity index (χ4v) is 1.68. The fourth-order valence-electron chi connectivity index (χ4n) is 1.68. The smallest absolute Gasteiger partial charge is 0.401 e. The molecule has 0 heterocycles. The Hall–Kier alpha value is -1.43. The van der Waals surface area contributed by atoms with Crippen molar-refractivity contribution in [2.24, 2.45) is 0 Å². The number of alkyl halides is 3. The van der Waals surface area contributed by atoms with E-state index in [1.165, 1.54) is 4.90 Å². The summed E-state index contributed by atoms with van der Waals surface area (Å²) in [6.07, 6.45) is -3.63. The van der Waals surface area contributed by atoms with Gasteiger partial charge in [-0.3, -0.25) is 4.90 Å². The zero-order valence-corrected chi connectivity index (χ0v) is 10.9. The van der Waals surface area contributed by atoms with Gasteiger partial charge in [0.05, 0.1) is 18.8 Å². The first-order chi connectivity index (χ1) is 8.92. The van der Waals surface area contributed by atoms with Crippen molar-refractivity contribution >= 4 is 5.69 Å². The highest BCUT2D eigenvalue weighted by Gasteiger charge is 2.29. The first-order valence-electron chi connectivity index (χ1n) is 6.19. The summed E-state index contributed by atoms with van der Waals surface area (Å²) in [5.41, 5.74) is 6.22. The van der Waals surface area contributed by atoms with Crippen LogP contribution in [0.2, 0.25) is 0 Å². The van der Waals surface area contributed by atoms with Gasteiger partial charge in [-0.1, -0.05) is 19.1 Å². The molecule has 0 amide bonds. The second-order valence-corrected chi connectivity index (χ2v) is 4.22. The highest BCUT2D eigenvalue weighted by molar-refractivity contribution is 5.51. The van der Waals surface area contributed by atoms with Gasteiger partial charge < -0.3 is 10.5 Å². The number of benzene rings is 1. The summed E-state index contributed by atoms with van der Waals surface area (Å²) < 4.78 is 42.1. The maximum atomic E-state index is 12.2. The second-order valence-electron chi connectivity index (χ2n) is 4.22. The molecule has 0 spiro atoms. The number of para-hydroxylation sites is 2. The van der Waals surface area contributed by atoms with E-state index in [2.05, 4.69) is 0 Å². The molecule has 0 aromatic heterocycles. The summed E-state index contributed by atoms with van der Waals surface area (Å²) in [7, 11) is 0. The number of anilines is 1. The molecule has 0 saturated heterocycles. The lowest BCUT2D eigenvalue weighted by Gasteiger charge is -2.21. The van der Waals surface area contributed by atoms with Crippen molar-refractivity contribution in [2.75, 3.05) is 32.0 Å². The predicted octanol–water partition coefficient (Wildman–Crippen LogP) is 2.92. The number of hydrogen-bond donors (Lipinski definition) is 1. The zero-order valence-electron chi connectivity index (χ0n) is 10.9. The third-order valence-corrected chi connectivity index (χ3v) is 2.65. The molecule has 1 aromatic carbocycles. The van der Waals surface area contributed by atoms with Gasteiger partial charge in [-0.15, -0.1) is 0 Å². The van der Waals surface area contributed by atoms with Crippen LogP contribution in [0.1, 0.15) is 13.3 Å². The molecule has 19 heavy (non-hydrogen) atoms. The van der Waals surface area contributed by atoms with Gasteiger partial charge >= 0.3 is 6.18 Å². The molecule has 0 radical (unpaired) electrons. The molecule has 0 fully saturated rings. The Bertz CT molecular complexity index is 382. The molecule has 1 rings (SSSR count). The molecule has 0 aliphatic carbocycles. The molecular weight excluding hydrogens is 257 g/mol. The van der Waals surface area contributed by atoms with Gasteiger partial charge in [0.2, 0.25) is 0 Å². The van der Waals surface area contributed by atoms with E-state index < -0.39 is 12.7 Å². The van der Waals surface area contributed by atoms with Crippen molar-refractivity contribution in [1.82, 2.24) is 4.90 Å². The zero-order chi connectivity index (χ0) is 14.3. The molecular formula is C13H19F3N2O. The Kier molecular flexibility index (Phi) is 5.95. The van der Waals surface area contributed by atoms with E-state index in [1.807, 2.05) is 0 Å². The van der Waals surface area contributed by atoms with Gasteiger partial charge in [-0.2, -0.15) is 13.2 Å². The molecule has 0 saturated carbocycles. The second kappa shape index (κ2) is 7.23. The Morgan fingerprint density at radius 1 is 1.26 bits per heavy atom. The Morgan fingerprint density at radius 3 is 2.53 bits per heavy atom. The molecule has 0 unspecified atom stereocenters. The first kappa shape index (κ1) is 15.6. The van der Waals surface area contributed by atoms with Gasteiger partial charge in [-0.25, -0.2) is 0 Å². The molecule has 108 valence electrons. The topological polar surface area (TPSA) is 38.5 Å². The predicted molar refractivity (Wildman–Crippen MR) is 69.1 cm³/mol. The molecule has 2 N–H and O–H groups in total. The van der Waals surface area contributed by atoms with Crippen LogP contribution in [0.5, 0.6) is 5.75 Å². The van der Waals surface area contributed by atoms with Crippen LogP contribution in [0.15, 0.2) is 24.3 Å². The van der Waals surface area contributed by atoms with Crippen LogP contribution in [-0.4, -0.2) is 37.3 Å². The Labute approximate surface area is 111 Å². The maximum absolute atomic E-state index is 12.2. The molecule has 3 nitrogen and oxygen atoms in total. The molecule has 6 heteroatoms. The van der Waals surface area contributed by atoms with Crippen molar-refractivity contribution in [1.29, 1.82) is 0 Å². The lowest BCUT2D eigenvalue weighted by atomic mass is 10.3. The number of hydrogen-bond acceptors (Lipinski definition) is 3. The molecule has 0 aliphatic heterocycles. The van der Waals surface area contributed by atoms with Gasteiger partial charge in [0, 0.05) is 6.54 Å². The van der Waals surface area contributed by atoms with Crippen molar-refractivity contribution in [3.05, 3.63) is 24.3 Å². The molecule has 1 aromatic rings. The third-order valence-electron chi connectivity index (χ3n) is 2.65. The minimum Gasteiger partial charge on any atom is -0.491 e. The summed E-state index contributed by atoms with van der Waals surface area (Å²) in [6, 6.07) is 7.05. The van der Waals surface area contributed by atoms with Gasteiger partial charge in [0.25, 0.3) is 0 Å². The number of nitrogens with two attached hydrogens (primary N) is 1. The van der Waals surface area contributed by atoms with Gasteiger partial charge in [0.1, 0.15) is 5.75 Å². The quantitative estimate of drug-likeness (QED) is 0.614. The van der Waals surface area contributed by atoms with Crippen molar-refractivity contribution < 1.29 is 17.9 Å². The van der Waals surface area contributed by atoms with E-state index in [0.717, 1.165) is 0 Å². The summed E-state index contributed by atoms with van der Waals surface area (Å²) in [5.74, 6) is 0.571. The minimum atomic E-state index is -4.15. The largest absolute Gasteiger partial charge is 0.491 e. The minimum absolute atomic E-state index is 0.350. The van der Waals surface area contributed by atoms with Crippen LogP contribution in [0.25, 0.3) is 0 Å². The van der Waals surface area contributed by atoms with E-state index in [4.69, 9.17) is 10.5 Å². The standard InChI is InChI=1S/C13H19F3N2O/c1-2-18(10-13(14,15)16)8-5-9-19-12-7-4-3-6-11(12)17/h3-4,6-7H,2,5,8-10,17H2,1H3. The van der Waals surface area contributed by atoms with E-state index in [1.54, 1.807) is 31.2 Å². The van der Waals surface area contributed by atoms with Crippen LogP contribution in [-0.2, 0) is 0 Å². The van der Waals surface area contributed by atoms with Crippen LogP contribution in [0.3, 0.4) is 0 Å². The average Bonchev–Trinajstić information content (AvgIpc) is 2.33. The molecule has 0 bridgehead atoms. The lowest BCUT2D eigenvalue weighted by molar-refractivity contribution is -0.145. The number of nitrogen functional groups attached to an aromatic ring is 1. The third kappa shape index (κ3) is 6.33. The SMILES string of the molecule is CCN(CCCOc1ccccc1N)CC(F)(F)F. The van der Waals surface area contributed by atoms with E-state index in [-0.39, 0.29) is 0 Å². The lowest BCUT2D eigenvalue weighted by Crippen LogP contribution is -2.35. The average molecular weight is 276 g/mol. The van der Waals surface area contributed by atoms with Gasteiger partial charge in [-0.05, 0) is 25.1 Å². The summed E-state index contributed by atoms with van der Waals surface area (Å²) in [6.45, 7) is 1.90. The van der Waals surface area contributed by atoms with Crippen LogP contribution in [0, 0.1) is 0 Å². The summed E-state index contributed by atoms with van der Waals surface area (Å²) >= 11 is 0. The van der Waals surface area contributed by atoms with Crippen molar-refractivity contribution in [2.45, 2.75) is 19.5 Å². The Balaban J connectivity index is 2.28. The van der Waals surface area contributed by atoms with Crippen LogP contribution >= 0.6 is 0 Å². The van der Waals surface area contributed by atoms with E-state index in [9.17, 15) is 13.2 Å². The number of nitrogens with zero attached hydrogens (tertiary/aromatic N) is 1. The normalized spacial score (nSPS) is 11.8. The summed E-state index contributed by atoms with van der Waals surface area (Å²) in [5, 5.41) is 0. The fraction of sp³-hybridized carbons (Fsp3) is 0.538. The maximum Gasteiger partial charge on any atom is 0.401 e. The highest BCUT2D eigenvalue weighted by Crippen LogP contribution is 2.20. The van der Waals surface area contributed by atoms with Gasteiger partial charge in [0.15, 0.2) is 0 Å². The monoisotopic (exact) mass is 276 g/mol. The van der Waals surface area contributed by atoms with E-state index >= 15 is 0 Å². The number of rotatable bonds is 7. The number of ether oxygens (including phenoxy) is 1.